The molecule has 3 rings (SSSR count). The Morgan fingerprint density at radius 2 is 1.66 bits per heavy atom. The first kappa shape index (κ1) is 21.5. The van der Waals surface area contributed by atoms with Gasteiger partial charge in [-0.05, 0) is 42.3 Å². The molecular formula is C25H31NO2S. The lowest BCUT2D eigenvalue weighted by molar-refractivity contribution is -0.114. The van der Waals surface area contributed by atoms with Crippen molar-refractivity contribution in [2.45, 2.75) is 57.2 Å². The number of benzene rings is 2. The van der Waals surface area contributed by atoms with Gasteiger partial charge in [-0.15, -0.1) is 0 Å². The van der Waals surface area contributed by atoms with Crippen molar-refractivity contribution in [2.75, 3.05) is 12.0 Å². The highest BCUT2D eigenvalue weighted by atomic mass is 32.2. The number of carbonyl (C=O) groups is 1. The number of hydrogen-bond donors (Lipinski definition) is 0. The predicted molar refractivity (Wildman–Crippen MR) is 124 cm³/mol. The number of thioether (sulfide) groups is 1. The Kier molecular flexibility index (Phi) is 8.24. The molecular weight excluding hydrogens is 378 g/mol. The number of unbranched alkanes of at least 4 members (excludes halogenated alkanes) is 5. The summed E-state index contributed by atoms with van der Waals surface area (Å²) < 4.78 is 5.28. The average molecular weight is 410 g/mol. The Labute approximate surface area is 179 Å². The van der Waals surface area contributed by atoms with E-state index in [1.165, 1.54) is 32.1 Å². The number of rotatable bonds is 10. The van der Waals surface area contributed by atoms with Crippen molar-refractivity contribution in [1.82, 2.24) is 0 Å². The minimum atomic E-state index is 0.0972. The fraction of sp³-hybridized carbons (Fsp3) is 0.400. The van der Waals surface area contributed by atoms with Crippen molar-refractivity contribution in [2.24, 2.45) is 0 Å². The van der Waals surface area contributed by atoms with Gasteiger partial charge >= 0.3 is 0 Å². The number of hydrogen-bond acceptors (Lipinski definition) is 3. The molecule has 0 radical (unpaired) electrons. The molecule has 2 aromatic rings. The summed E-state index contributed by atoms with van der Waals surface area (Å²) in [6.45, 7) is 2.24. The van der Waals surface area contributed by atoms with Crippen molar-refractivity contribution in [3.63, 3.8) is 0 Å². The van der Waals surface area contributed by atoms with Crippen molar-refractivity contribution in [1.29, 1.82) is 0 Å². The van der Waals surface area contributed by atoms with Gasteiger partial charge in [0.2, 0.25) is 0 Å². The smallest absolute Gasteiger partial charge is 0.265 e. The minimum absolute atomic E-state index is 0.0972. The van der Waals surface area contributed by atoms with Gasteiger partial charge in [-0.2, -0.15) is 0 Å². The van der Waals surface area contributed by atoms with Crippen molar-refractivity contribution in [3.05, 3.63) is 65.1 Å². The van der Waals surface area contributed by atoms with Gasteiger partial charge < -0.3 is 4.74 Å². The number of anilines is 1. The molecule has 1 atom stereocenters. The molecule has 1 fully saturated rings. The van der Waals surface area contributed by atoms with Gasteiger partial charge in [-0.3, -0.25) is 9.69 Å². The average Bonchev–Trinajstić information content (AvgIpc) is 3.06. The van der Waals surface area contributed by atoms with Crippen LogP contribution in [0.25, 0.3) is 6.08 Å². The van der Waals surface area contributed by atoms with E-state index in [1.54, 1.807) is 18.9 Å². The standard InChI is InChI=1S/C25H31NO2S/c1-3-4-5-6-7-11-14-24-26(21-15-17-22(28-2)18-16-21)25(27)23(29-24)19-20-12-9-8-10-13-20/h8-10,12-13,15-19,24H,3-7,11,14H2,1-2H3/b23-19-. The molecule has 1 heterocycles. The van der Waals surface area contributed by atoms with Crippen LogP contribution in [0.15, 0.2) is 59.5 Å². The zero-order chi connectivity index (χ0) is 20.5. The number of carbonyl (C=O) groups excluding carboxylic acids is 1. The third kappa shape index (κ3) is 5.89. The van der Waals surface area contributed by atoms with Gasteiger partial charge in [0.15, 0.2) is 0 Å². The molecule has 1 aliphatic rings. The molecule has 2 aromatic carbocycles. The minimum Gasteiger partial charge on any atom is -0.497 e. The summed E-state index contributed by atoms with van der Waals surface area (Å²) in [5, 5.41) is 0.150. The first-order valence-electron chi connectivity index (χ1n) is 10.6. The molecule has 3 nitrogen and oxygen atoms in total. The number of amides is 1. The second-order valence-electron chi connectivity index (χ2n) is 7.42. The summed E-state index contributed by atoms with van der Waals surface area (Å²) in [5.41, 5.74) is 2.01. The van der Waals surface area contributed by atoms with Crippen LogP contribution in [0.5, 0.6) is 5.75 Å². The lowest BCUT2D eigenvalue weighted by Gasteiger charge is -2.23. The second-order valence-corrected chi connectivity index (χ2v) is 8.64. The maximum atomic E-state index is 13.3. The molecule has 4 heteroatoms. The first-order valence-corrected chi connectivity index (χ1v) is 11.5. The summed E-state index contributed by atoms with van der Waals surface area (Å²) in [7, 11) is 1.66. The van der Waals surface area contributed by atoms with Crippen LogP contribution in [0.1, 0.15) is 57.4 Å². The number of nitrogens with zero attached hydrogens (tertiary/aromatic N) is 1. The molecule has 0 N–H and O–H groups in total. The molecule has 29 heavy (non-hydrogen) atoms. The molecule has 0 spiro atoms. The van der Waals surface area contributed by atoms with Crippen LogP contribution < -0.4 is 9.64 Å². The summed E-state index contributed by atoms with van der Waals surface area (Å²) in [4.78, 5) is 16.0. The lowest BCUT2D eigenvalue weighted by atomic mass is 10.1. The highest BCUT2D eigenvalue weighted by Crippen LogP contribution is 2.41. The van der Waals surface area contributed by atoms with Crippen LogP contribution >= 0.6 is 11.8 Å². The maximum Gasteiger partial charge on any atom is 0.265 e. The molecule has 1 aliphatic heterocycles. The van der Waals surface area contributed by atoms with E-state index < -0.39 is 0 Å². The van der Waals surface area contributed by atoms with E-state index in [0.29, 0.717) is 0 Å². The van der Waals surface area contributed by atoms with Gasteiger partial charge in [-0.25, -0.2) is 0 Å². The highest BCUT2D eigenvalue weighted by molar-refractivity contribution is 8.05. The van der Waals surface area contributed by atoms with E-state index in [-0.39, 0.29) is 11.3 Å². The van der Waals surface area contributed by atoms with Crippen LogP contribution in [-0.4, -0.2) is 18.4 Å². The van der Waals surface area contributed by atoms with Crippen LogP contribution in [-0.2, 0) is 4.79 Å². The van der Waals surface area contributed by atoms with Crippen molar-refractivity contribution < 1.29 is 9.53 Å². The van der Waals surface area contributed by atoms with Crippen molar-refractivity contribution >= 4 is 29.4 Å². The Morgan fingerprint density at radius 3 is 2.34 bits per heavy atom. The van der Waals surface area contributed by atoms with Gasteiger partial charge in [0.1, 0.15) is 5.75 Å². The van der Waals surface area contributed by atoms with E-state index in [0.717, 1.165) is 34.7 Å². The summed E-state index contributed by atoms with van der Waals surface area (Å²) in [6, 6.07) is 17.9. The zero-order valence-corrected chi connectivity index (χ0v) is 18.3. The Morgan fingerprint density at radius 1 is 0.966 bits per heavy atom. The lowest BCUT2D eigenvalue weighted by Crippen LogP contribution is -2.32. The monoisotopic (exact) mass is 409 g/mol. The van der Waals surface area contributed by atoms with E-state index in [2.05, 4.69) is 6.92 Å². The van der Waals surface area contributed by atoms with E-state index in [4.69, 9.17) is 4.74 Å². The molecule has 0 saturated carbocycles. The van der Waals surface area contributed by atoms with E-state index >= 15 is 0 Å². The predicted octanol–water partition coefficient (Wildman–Crippen LogP) is 6.89. The third-order valence-electron chi connectivity index (χ3n) is 5.23. The molecule has 1 amide bonds. The van der Waals surface area contributed by atoms with Crippen LogP contribution in [0.4, 0.5) is 5.69 Å². The van der Waals surface area contributed by atoms with Gasteiger partial charge in [0.05, 0.1) is 17.4 Å². The summed E-state index contributed by atoms with van der Waals surface area (Å²) >= 11 is 1.70. The normalized spacial score (nSPS) is 17.9. The quantitative estimate of drug-likeness (QED) is 0.316. The van der Waals surface area contributed by atoms with Gasteiger partial charge in [0, 0.05) is 5.69 Å². The van der Waals surface area contributed by atoms with Crippen molar-refractivity contribution in [3.8, 4) is 5.75 Å². The summed E-state index contributed by atoms with van der Waals surface area (Å²) in [5.74, 6) is 0.903. The van der Waals surface area contributed by atoms with Crippen LogP contribution in [0.3, 0.4) is 0 Å². The van der Waals surface area contributed by atoms with E-state index in [1.807, 2.05) is 65.6 Å². The topological polar surface area (TPSA) is 29.5 Å². The zero-order valence-electron chi connectivity index (χ0n) is 17.5. The largest absolute Gasteiger partial charge is 0.497 e. The van der Waals surface area contributed by atoms with Crippen LogP contribution in [0.2, 0.25) is 0 Å². The Bertz CT molecular complexity index is 801. The highest BCUT2D eigenvalue weighted by Gasteiger charge is 2.36. The van der Waals surface area contributed by atoms with Gasteiger partial charge in [0.25, 0.3) is 5.91 Å². The maximum absolute atomic E-state index is 13.3. The molecule has 0 aliphatic carbocycles. The fourth-order valence-corrected chi connectivity index (χ4v) is 4.91. The number of methoxy groups -OCH3 is 1. The first-order chi connectivity index (χ1) is 14.2. The molecule has 1 saturated heterocycles. The Balaban J connectivity index is 1.74. The van der Waals surface area contributed by atoms with Crippen LogP contribution in [0, 0.1) is 0 Å². The third-order valence-corrected chi connectivity index (χ3v) is 6.50. The molecule has 154 valence electrons. The van der Waals surface area contributed by atoms with E-state index in [9.17, 15) is 4.79 Å². The molecule has 1 unspecified atom stereocenters. The summed E-state index contributed by atoms with van der Waals surface area (Å²) in [6.07, 6.45) is 10.6. The number of ether oxygens (including phenoxy) is 1. The Hall–Kier alpha value is -2.20. The fourth-order valence-electron chi connectivity index (χ4n) is 3.61. The molecule has 0 bridgehead atoms. The SMILES string of the molecule is CCCCCCCCC1S/C(=C\c2ccccc2)C(=O)N1c1ccc(OC)cc1. The molecule has 0 aromatic heterocycles. The van der Waals surface area contributed by atoms with Gasteiger partial charge in [-0.1, -0.05) is 87.5 Å². The second kappa shape index (κ2) is 11.1.